The number of nitro benzene ring substituents is 1. The maximum Gasteiger partial charge on any atom is 0.283 e. The molecule has 2 aromatic rings. The van der Waals surface area contributed by atoms with Crippen LogP contribution in [0.4, 0.5) is 5.69 Å². The molecule has 0 aromatic heterocycles. The predicted octanol–water partition coefficient (Wildman–Crippen LogP) is 4.56. The van der Waals surface area contributed by atoms with Crippen molar-refractivity contribution in [3.8, 4) is 0 Å². The van der Waals surface area contributed by atoms with Crippen LogP contribution in [0.1, 0.15) is 18.6 Å². The summed E-state index contributed by atoms with van der Waals surface area (Å²) in [7, 11) is 0. The minimum Gasteiger partial charge on any atom is -0.389 e. The molecule has 2 rings (SSSR count). The third kappa shape index (κ3) is 3.59. The Balaban J connectivity index is 2.38. The minimum atomic E-state index is -0.724. The van der Waals surface area contributed by atoms with Crippen molar-refractivity contribution >= 4 is 33.4 Å². The van der Waals surface area contributed by atoms with Crippen LogP contribution in [0.15, 0.2) is 56.7 Å². The van der Waals surface area contributed by atoms with Gasteiger partial charge >= 0.3 is 0 Å². The molecule has 0 amide bonds. The molecule has 0 spiro atoms. The van der Waals surface area contributed by atoms with Gasteiger partial charge in [-0.1, -0.05) is 39.8 Å². The highest BCUT2D eigenvalue weighted by Crippen LogP contribution is 2.37. The van der Waals surface area contributed by atoms with E-state index in [4.69, 9.17) is 0 Å². The van der Waals surface area contributed by atoms with Gasteiger partial charge in [0.05, 0.1) is 15.9 Å². The van der Waals surface area contributed by atoms with Gasteiger partial charge in [-0.05, 0) is 36.8 Å². The molecular formula is C14H12BrNO3S. The quantitative estimate of drug-likeness (QED) is 0.646. The molecular weight excluding hydrogens is 342 g/mol. The van der Waals surface area contributed by atoms with Gasteiger partial charge in [0.2, 0.25) is 0 Å². The van der Waals surface area contributed by atoms with E-state index in [-0.39, 0.29) is 5.69 Å². The lowest BCUT2D eigenvalue weighted by Crippen LogP contribution is -1.96. The van der Waals surface area contributed by atoms with Crippen molar-refractivity contribution in [1.82, 2.24) is 0 Å². The summed E-state index contributed by atoms with van der Waals surface area (Å²) in [5.41, 5.74) is 0.545. The number of benzene rings is 2. The molecule has 0 heterocycles. The van der Waals surface area contributed by atoms with Crippen LogP contribution in [-0.2, 0) is 0 Å². The van der Waals surface area contributed by atoms with Crippen LogP contribution in [0.2, 0.25) is 0 Å². The van der Waals surface area contributed by atoms with E-state index in [2.05, 4.69) is 15.9 Å². The molecule has 0 aliphatic carbocycles. The highest BCUT2D eigenvalue weighted by Gasteiger charge is 2.17. The van der Waals surface area contributed by atoms with Crippen LogP contribution in [0.3, 0.4) is 0 Å². The van der Waals surface area contributed by atoms with Gasteiger partial charge in [0.25, 0.3) is 5.69 Å². The second-order valence-corrected chi connectivity index (χ2v) is 6.25. The standard InChI is InChI=1S/C14H12BrNO3S/c1-9(17)10-5-6-14(13(7-10)16(18)19)20-12-4-2-3-11(15)8-12/h2-9,17H,1H3. The number of aliphatic hydroxyl groups is 1. The zero-order valence-corrected chi connectivity index (χ0v) is 13.0. The lowest BCUT2D eigenvalue weighted by molar-refractivity contribution is -0.387. The molecule has 0 saturated carbocycles. The Labute approximate surface area is 129 Å². The van der Waals surface area contributed by atoms with Crippen LogP contribution in [-0.4, -0.2) is 10.0 Å². The van der Waals surface area contributed by atoms with E-state index in [0.29, 0.717) is 10.5 Å². The lowest BCUT2D eigenvalue weighted by Gasteiger charge is -2.08. The maximum absolute atomic E-state index is 11.2. The fraction of sp³-hybridized carbons (Fsp3) is 0.143. The van der Waals surface area contributed by atoms with Gasteiger partial charge in [-0.25, -0.2) is 0 Å². The van der Waals surface area contributed by atoms with Crippen molar-refractivity contribution in [2.24, 2.45) is 0 Å². The molecule has 0 aliphatic heterocycles. The molecule has 1 atom stereocenters. The summed E-state index contributed by atoms with van der Waals surface area (Å²) in [6.07, 6.45) is -0.724. The van der Waals surface area contributed by atoms with E-state index in [1.165, 1.54) is 17.8 Å². The van der Waals surface area contributed by atoms with Gasteiger partial charge in [-0.15, -0.1) is 0 Å². The molecule has 2 aromatic carbocycles. The number of hydrogen-bond acceptors (Lipinski definition) is 4. The molecule has 0 aliphatic rings. The summed E-state index contributed by atoms with van der Waals surface area (Å²) in [4.78, 5) is 12.2. The Morgan fingerprint density at radius 2 is 2.05 bits per heavy atom. The third-order valence-electron chi connectivity index (χ3n) is 2.69. The zero-order chi connectivity index (χ0) is 14.7. The van der Waals surface area contributed by atoms with Crippen molar-refractivity contribution < 1.29 is 10.0 Å². The molecule has 104 valence electrons. The minimum absolute atomic E-state index is 0.00776. The number of nitrogens with zero attached hydrogens (tertiary/aromatic N) is 1. The highest BCUT2D eigenvalue weighted by molar-refractivity contribution is 9.10. The Morgan fingerprint density at radius 1 is 1.30 bits per heavy atom. The molecule has 20 heavy (non-hydrogen) atoms. The molecule has 4 nitrogen and oxygen atoms in total. The Kier molecular flexibility index (Phi) is 4.80. The predicted molar refractivity (Wildman–Crippen MR) is 82.0 cm³/mol. The average Bonchev–Trinajstić information content (AvgIpc) is 2.38. The van der Waals surface area contributed by atoms with Crippen molar-refractivity contribution in [1.29, 1.82) is 0 Å². The van der Waals surface area contributed by atoms with Gasteiger partial charge in [-0.2, -0.15) is 0 Å². The number of nitro groups is 1. The maximum atomic E-state index is 11.2. The van der Waals surface area contributed by atoms with Gasteiger partial charge in [-0.3, -0.25) is 10.1 Å². The first-order chi connectivity index (χ1) is 9.47. The molecule has 0 bridgehead atoms. The average molecular weight is 354 g/mol. The number of aliphatic hydroxyl groups excluding tert-OH is 1. The monoisotopic (exact) mass is 353 g/mol. The van der Waals surface area contributed by atoms with Crippen molar-refractivity contribution in [2.75, 3.05) is 0 Å². The van der Waals surface area contributed by atoms with Gasteiger partial charge in [0, 0.05) is 15.4 Å². The number of hydrogen-bond donors (Lipinski definition) is 1. The van der Waals surface area contributed by atoms with Crippen molar-refractivity contribution in [3.63, 3.8) is 0 Å². The molecule has 0 fully saturated rings. The van der Waals surface area contributed by atoms with Crippen LogP contribution in [0, 0.1) is 10.1 Å². The van der Waals surface area contributed by atoms with E-state index in [0.717, 1.165) is 9.37 Å². The van der Waals surface area contributed by atoms with Crippen LogP contribution in [0.5, 0.6) is 0 Å². The molecule has 1 N–H and O–H groups in total. The van der Waals surface area contributed by atoms with Crippen molar-refractivity contribution in [3.05, 3.63) is 62.6 Å². The SMILES string of the molecule is CC(O)c1ccc(Sc2cccc(Br)c2)c([N+](=O)[O-])c1. The lowest BCUT2D eigenvalue weighted by atomic mass is 10.1. The fourth-order valence-corrected chi connectivity index (χ4v) is 3.19. The second-order valence-electron chi connectivity index (χ2n) is 4.22. The molecule has 6 heteroatoms. The largest absolute Gasteiger partial charge is 0.389 e. The van der Waals surface area contributed by atoms with E-state index in [1.54, 1.807) is 19.1 Å². The first kappa shape index (κ1) is 15.0. The molecule has 0 saturated heterocycles. The van der Waals surface area contributed by atoms with Gasteiger partial charge < -0.3 is 5.11 Å². The van der Waals surface area contributed by atoms with E-state index in [1.807, 2.05) is 24.3 Å². The highest BCUT2D eigenvalue weighted by atomic mass is 79.9. The topological polar surface area (TPSA) is 63.4 Å². The van der Waals surface area contributed by atoms with Gasteiger partial charge in [0.15, 0.2) is 0 Å². The smallest absolute Gasteiger partial charge is 0.283 e. The van der Waals surface area contributed by atoms with Crippen LogP contribution < -0.4 is 0 Å². The molecule has 1 unspecified atom stereocenters. The van der Waals surface area contributed by atoms with E-state index >= 15 is 0 Å². The van der Waals surface area contributed by atoms with Crippen molar-refractivity contribution in [2.45, 2.75) is 22.8 Å². The number of halogens is 1. The summed E-state index contributed by atoms with van der Waals surface area (Å²) in [5.74, 6) is 0. The van der Waals surface area contributed by atoms with E-state index < -0.39 is 11.0 Å². The Morgan fingerprint density at radius 3 is 2.65 bits per heavy atom. The van der Waals surface area contributed by atoms with Crippen LogP contribution in [0.25, 0.3) is 0 Å². The fourth-order valence-electron chi connectivity index (χ4n) is 1.68. The van der Waals surface area contributed by atoms with Crippen LogP contribution >= 0.6 is 27.7 Å². The second kappa shape index (κ2) is 6.39. The summed E-state index contributed by atoms with van der Waals surface area (Å²) in [6.45, 7) is 1.58. The summed E-state index contributed by atoms with van der Waals surface area (Å²) in [6, 6.07) is 12.4. The first-order valence-corrected chi connectivity index (χ1v) is 7.48. The van der Waals surface area contributed by atoms with E-state index in [9.17, 15) is 15.2 Å². The third-order valence-corrected chi connectivity index (χ3v) is 4.23. The summed E-state index contributed by atoms with van der Waals surface area (Å²) in [5, 5.41) is 20.7. The summed E-state index contributed by atoms with van der Waals surface area (Å²) < 4.78 is 0.922. The Hall–Kier alpha value is -1.37. The number of rotatable bonds is 4. The summed E-state index contributed by atoms with van der Waals surface area (Å²) >= 11 is 4.70. The van der Waals surface area contributed by atoms with Gasteiger partial charge in [0.1, 0.15) is 0 Å². The first-order valence-electron chi connectivity index (χ1n) is 5.87. The molecule has 0 radical (unpaired) electrons. The normalized spacial score (nSPS) is 12.2. The Bertz CT molecular complexity index is 646. The zero-order valence-electron chi connectivity index (χ0n) is 10.6.